The third-order valence-electron chi connectivity index (χ3n) is 4.53. The van der Waals surface area contributed by atoms with Gasteiger partial charge in [0.15, 0.2) is 0 Å². The lowest BCUT2D eigenvalue weighted by atomic mass is 9.86. The summed E-state index contributed by atoms with van der Waals surface area (Å²) in [4.78, 5) is 0. The monoisotopic (exact) mass is 274 g/mol. The molecule has 1 aliphatic rings. The Balaban J connectivity index is 1.96. The fourth-order valence-electron chi connectivity index (χ4n) is 2.71. The Morgan fingerprint density at radius 1 is 1.20 bits per heavy atom. The molecule has 112 valence electrons. The van der Waals surface area contributed by atoms with Crippen molar-refractivity contribution in [1.82, 2.24) is 5.32 Å². The second kappa shape index (κ2) is 6.28. The summed E-state index contributed by atoms with van der Waals surface area (Å²) in [7, 11) is 0. The van der Waals surface area contributed by atoms with Crippen LogP contribution in [0.2, 0.25) is 0 Å². The second-order valence-corrected chi connectivity index (χ2v) is 7.38. The maximum Gasteiger partial charge on any atom is 0.0444 e. The van der Waals surface area contributed by atoms with Crippen molar-refractivity contribution in [3.63, 3.8) is 0 Å². The van der Waals surface area contributed by atoms with Gasteiger partial charge >= 0.3 is 0 Å². The van der Waals surface area contributed by atoms with Crippen molar-refractivity contribution in [2.24, 2.45) is 17.6 Å². The van der Waals surface area contributed by atoms with Crippen LogP contribution in [0.1, 0.15) is 57.7 Å². The van der Waals surface area contributed by atoms with Crippen LogP contribution < -0.4 is 11.1 Å². The molecule has 1 aromatic carbocycles. The molecule has 2 atom stereocenters. The Kier molecular flexibility index (Phi) is 4.87. The molecule has 0 bridgehead atoms. The van der Waals surface area contributed by atoms with Gasteiger partial charge in [-0.25, -0.2) is 0 Å². The first-order valence-electron chi connectivity index (χ1n) is 7.95. The molecule has 2 heteroatoms. The van der Waals surface area contributed by atoms with Gasteiger partial charge in [0, 0.05) is 12.6 Å². The highest BCUT2D eigenvalue weighted by molar-refractivity contribution is 5.29. The molecule has 0 saturated heterocycles. The minimum Gasteiger partial charge on any atom is -0.329 e. The lowest BCUT2D eigenvalue weighted by Gasteiger charge is -2.23. The van der Waals surface area contributed by atoms with E-state index in [0.29, 0.717) is 6.54 Å². The zero-order chi connectivity index (χ0) is 14.8. The number of benzene rings is 1. The van der Waals surface area contributed by atoms with Crippen molar-refractivity contribution >= 4 is 0 Å². The van der Waals surface area contributed by atoms with Crippen LogP contribution in [0.3, 0.4) is 0 Å². The third kappa shape index (κ3) is 4.07. The van der Waals surface area contributed by atoms with Crippen molar-refractivity contribution in [2.75, 3.05) is 13.1 Å². The van der Waals surface area contributed by atoms with E-state index in [-0.39, 0.29) is 11.5 Å². The van der Waals surface area contributed by atoms with Gasteiger partial charge < -0.3 is 11.1 Å². The van der Waals surface area contributed by atoms with E-state index in [2.05, 4.69) is 57.3 Å². The van der Waals surface area contributed by atoms with Crippen LogP contribution in [-0.2, 0) is 5.41 Å². The summed E-state index contributed by atoms with van der Waals surface area (Å²) in [6.45, 7) is 10.8. The van der Waals surface area contributed by atoms with Crippen LogP contribution in [0.15, 0.2) is 24.3 Å². The quantitative estimate of drug-likeness (QED) is 0.831. The lowest BCUT2D eigenvalue weighted by molar-refractivity contribution is 0.422. The molecule has 0 radical (unpaired) electrons. The molecule has 1 fully saturated rings. The van der Waals surface area contributed by atoms with Crippen molar-refractivity contribution < 1.29 is 0 Å². The van der Waals surface area contributed by atoms with E-state index in [9.17, 15) is 0 Å². The van der Waals surface area contributed by atoms with Gasteiger partial charge in [-0.15, -0.1) is 0 Å². The van der Waals surface area contributed by atoms with E-state index in [1.54, 1.807) is 0 Å². The first-order valence-corrected chi connectivity index (χ1v) is 7.95. The molecule has 2 nitrogen and oxygen atoms in total. The van der Waals surface area contributed by atoms with Gasteiger partial charge in [0.05, 0.1) is 0 Å². The highest BCUT2D eigenvalue weighted by Gasteiger charge is 2.28. The maximum atomic E-state index is 5.94. The van der Waals surface area contributed by atoms with Gasteiger partial charge in [-0.2, -0.15) is 0 Å². The van der Waals surface area contributed by atoms with Crippen LogP contribution in [0.25, 0.3) is 0 Å². The Morgan fingerprint density at radius 2 is 1.80 bits per heavy atom. The van der Waals surface area contributed by atoms with E-state index in [1.165, 1.54) is 24.0 Å². The molecule has 0 aliphatic heterocycles. The van der Waals surface area contributed by atoms with E-state index in [4.69, 9.17) is 5.73 Å². The molecule has 1 aromatic rings. The summed E-state index contributed by atoms with van der Waals surface area (Å²) >= 11 is 0. The fraction of sp³-hybridized carbons (Fsp3) is 0.667. The molecule has 0 heterocycles. The second-order valence-electron chi connectivity index (χ2n) is 7.38. The van der Waals surface area contributed by atoms with Gasteiger partial charge in [-0.3, -0.25) is 0 Å². The third-order valence-corrected chi connectivity index (χ3v) is 4.53. The molecule has 3 N–H and O–H groups in total. The van der Waals surface area contributed by atoms with Gasteiger partial charge in [-0.05, 0) is 47.8 Å². The molecule has 2 unspecified atom stereocenters. The SMILES string of the molecule is CC(CNC(CN)c1ccc(C(C)(C)C)cc1)C1CC1. The van der Waals surface area contributed by atoms with Gasteiger partial charge in [-0.1, -0.05) is 52.0 Å². The number of rotatable bonds is 6. The predicted molar refractivity (Wildman–Crippen MR) is 86.8 cm³/mol. The summed E-state index contributed by atoms with van der Waals surface area (Å²) in [6.07, 6.45) is 2.83. The maximum absolute atomic E-state index is 5.94. The standard InChI is InChI=1S/C18H30N2/c1-13(14-5-6-14)12-20-17(11-19)15-7-9-16(10-8-15)18(2,3)4/h7-10,13-14,17,20H,5-6,11-12,19H2,1-4H3. The first-order chi connectivity index (χ1) is 9.41. The highest BCUT2D eigenvalue weighted by atomic mass is 14.9. The first kappa shape index (κ1) is 15.5. The van der Waals surface area contributed by atoms with Gasteiger partial charge in [0.2, 0.25) is 0 Å². The summed E-state index contributed by atoms with van der Waals surface area (Å²) in [6, 6.07) is 9.22. The van der Waals surface area contributed by atoms with Crippen LogP contribution in [0, 0.1) is 11.8 Å². The molecule has 20 heavy (non-hydrogen) atoms. The summed E-state index contributed by atoms with van der Waals surface area (Å²) < 4.78 is 0. The summed E-state index contributed by atoms with van der Waals surface area (Å²) in [5.41, 5.74) is 8.84. The Bertz CT molecular complexity index is 412. The molecular weight excluding hydrogens is 244 g/mol. The zero-order valence-electron chi connectivity index (χ0n) is 13.4. The number of nitrogens with two attached hydrogens (primary N) is 1. The van der Waals surface area contributed by atoms with E-state index in [0.717, 1.165) is 18.4 Å². The zero-order valence-corrected chi connectivity index (χ0v) is 13.4. The Hall–Kier alpha value is -0.860. The van der Waals surface area contributed by atoms with Crippen LogP contribution in [-0.4, -0.2) is 13.1 Å². The van der Waals surface area contributed by atoms with Crippen LogP contribution in [0.5, 0.6) is 0 Å². The van der Waals surface area contributed by atoms with Crippen LogP contribution >= 0.6 is 0 Å². The summed E-state index contributed by atoms with van der Waals surface area (Å²) in [5, 5.41) is 3.64. The van der Waals surface area contributed by atoms with E-state index < -0.39 is 0 Å². The normalized spacial score (nSPS) is 18.9. The number of nitrogens with one attached hydrogen (secondary N) is 1. The van der Waals surface area contributed by atoms with Crippen molar-refractivity contribution in [3.8, 4) is 0 Å². The smallest absolute Gasteiger partial charge is 0.0444 e. The van der Waals surface area contributed by atoms with Gasteiger partial charge in [0.1, 0.15) is 0 Å². The van der Waals surface area contributed by atoms with Crippen molar-refractivity contribution in [1.29, 1.82) is 0 Å². The Morgan fingerprint density at radius 3 is 2.25 bits per heavy atom. The molecule has 1 aliphatic carbocycles. The molecule has 0 spiro atoms. The average molecular weight is 274 g/mol. The highest BCUT2D eigenvalue weighted by Crippen LogP contribution is 2.36. The Labute approximate surface area is 124 Å². The minimum absolute atomic E-state index is 0.213. The molecular formula is C18H30N2. The lowest BCUT2D eigenvalue weighted by Crippen LogP contribution is -2.32. The molecule has 2 rings (SSSR count). The number of hydrogen-bond acceptors (Lipinski definition) is 2. The van der Waals surface area contributed by atoms with Crippen molar-refractivity contribution in [2.45, 2.75) is 52.0 Å². The molecule has 0 aromatic heterocycles. The van der Waals surface area contributed by atoms with E-state index >= 15 is 0 Å². The largest absolute Gasteiger partial charge is 0.329 e. The number of hydrogen-bond donors (Lipinski definition) is 2. The van der Waals surface area contributed by atoms with Crippen molar-refractivity contribution in [3.05, 3.63) is 35.4 Å². The minimum atomic E-state index is 0.213. The van der Waals surface area contributed by atoms with E-state index in [1.807, 2.05) is 0 Å². The average Bonchev–Trinajstić information content (AvgIpc) is 3.23. The molecule has 1 saturated carbocycles. The van der Waals surface area contributed by atoms with Gasteiger partial charge in [0.25, 0.3) is 0 Å². The molecule has 0 amide bonds. The van der Waals surface area contributed by atoms with Crippen LogP contribution in [0.4, 0.5) is 0 Å². The summed E-state index contributed by atoms with van der Waals surface area (Å²) in [5.74, 6) is 1.72. The topological polar surface area (TPSA) is 38.0 Å². The predicted octanol–water partition coefficient (Wildman–Crippen LogP) is 3.62. The fourth-order valence-corrected chi connectivity index (χ4v) is 2.71.